The van der Waals surface area contributed by atoms with Crippen LogP contribution in [0.5, 0.6) is 11.5 Å². The number of amides is 1. The summed E-state index contributed by atoms with van der Waals surface area (Å²) in [5.41, 5.74) is -3.68. The van der Waals surface area contributed by atoms with E-state index in [0.717, 1.165) is 0 Å². The second-order valence-corrected chi connectivity index (χ2v) is 9.03. The lowest BCUT2D eigenvalue weighted by Gasteiger charge is -2.34. The number of nitrogens with one attached hydrogen (secondary N) is 1. The zero-order valence-corrected chi connectivity index (χ0v) is 20.3. The molecule has 0 spiro atoms. The molecule has 1 atom stereocenters. The number of ether oxygens (including phenoxy) is 2. The standard InChI is InChI=1S/C25H28F6N2O4/c1-36-8-6-23(5-7-32-15-23)22(35)33(13-16-3-4-20(34)21(11-16)37-2)14-17-9-18(24(26,27)28)12-19(10-17)25(29,30)31/h3-4,9-12,32,34H,5-8,13-15H2,1-2H3. The van der Waals surface area contributed by atoms with Gasteiger partial charge in [-0.25, -0.2) is 0 Å². The van der Waals surface area contributed by atoms with Gasteiger partial charge in [0, 0.05) is 33.4 Å². The van der Waals surface area contributed by atoms with Crippen molar-refractivity contribution in [3.05, 3.63) is 58.7 Å². The van der Waals surface area contributed by atoms with Crippen LogP contribution in [0.4, 0.5) is 26.3 Å². The minimum absolute atomic E-state index is 0.0570. The molecule has 6 nitrogen and oxygen atoms in total. The number of carbonyl (C=O) groups is 1. The second kappa shape index (κ2) is 11.2. The summed E-state index contributed by atoms with van der Waals surface area (Å²) in [6, 6.07) is 5.60. The van der Waals surface area contributed by atoms with Crippen molar-refractivity contribution >= 4 is 5.91 Å². The van der Waals surface area contributed by atoms with Crippen LogP contribution in [-0.4, -0.2) is 49.8 Å². The fraction of sp³-hybridized carbons (Fsp3) is 0.480. The Morgan fingerprint density at radius 1 is 1.00 bits per heavy atom. The van der Waals surface area contributed by atoms with E-state index in [0.29, 0.717) is 43.6 Å². The van der Waals surface area contributed by atoms with Crippen molar-refractivity contribution in [2.75, 3.05) is 33.9 Å². The topological polar surface area (TPSA) is 71.0 Å². The van der Waals surface area contributed by atoms with E-state index in [-0.39, 0.29) is 36.3 Å². The van der Waals surface area contributed by atoms with Crippen molar-refractivity contribution in [3.8, 4) is 11.5 Å². The number of methoxy groups -OCH3 is 2. The summed E-state index contributed by atoms with van der Waals surface area (Å²) in [6.07, 6.45) is -9.27. The van der Waals surface area contributed by atoms with Crippen LogP contribution in [0.25, 0.3) is 0 Å². The molecule has 2 N–H and O–H groups in total. The van der Waals surface area contributed by atoms with Gasteiger partial charge in [0.25, 0.3) is 0 Å². The molecule has 1 aliphatic rings. The number of alkyl halides is 6. The van der Waals surface area contributed by atoms with Gasteiger partial charge in [-0.05, 0) is 60.8 Å². The minimum atomic E-state index is -5.01. The molecule has 0 bridgehead atoms. The van der Waals surface area contributed by atoms with Crippen LogP contribution in [0.3, 0.4) is 0 Å². The molecule has 0 aromatic heterocycles. The minimum Gasteiger partial charge on any atom is -0.504 e. The van der Waals surface area contributed by atoms with Crippen molar-refractivity contribution in [1.29, 1.82) is 0 Å². The van der Waals surface area contributed by atoms with Gasteiger partial charge in [-0.2, -0.15) is 26.3 Å². The molecular weight excluding hydrogens is 506 g/mol. The fourth-order valence-corrected chi connectivity index (χ4v) is 4.45. The first-order valence-electron chi connectivity index (χ1n) is 11.4. The van der Waals surface area contributed by atoms with E-state index in [9.17, 15) is 36.2 Å². The molecule has 204 valence electrons. The Balaban J connectivity index is 2.06. The highest BCUT2D eigenvalue weighted by atomic mass is 19.4. The Morgan fingerprint density at radius 3 is 2.14 bits per heavy atom. The van der Waals surface area contributed by atoms with Crippen LogP contribution >= 0.6 is 0 Å². The lowest BCUT2D eigenvalue weighted by Crippen LogP contribution is -2.45. The molecular formula is C25H28F6N2O4. The van der Waals surface area contributed by atoms with Gasteiger partial charge in [-0.1, -0.05) is 6.07 Å². The molecule has 3 rings (SSSR count). The van der Waals surface area contributed by atoms with Crippen molar-refractivity contribution in [2.24, 2.45) is 5.41 Å². The van der Waals surface area contributed by atoms with E-state index < -0.39 is 41.3 Å². The number of hydrogen-bond donors (Lipinski definition) is 2. The average molecular weight is 534 g/mol. The van der Waals surface area contributed by atoms with Gasteiger partial charge < -0.3 is 24.8 Å². The zero-order chi connectivity index (χ0) is 27.4. The van der Waals surface area contributed by atoms with Crippen LogP contribution in [-0.2, 0) is 35.0 Å². The smallest absolute Gasteiger partial charge is 0.416 e. The van der Waals surface area contributed by atoms with Gasteiger partial charge in [0.2, 0.25) is 5.91 Å². The summed E-state index contributed by atoms with van der Waals surface area (Å²) in [5, 5.41) is 13.0. The molecule has 1 unspecified atom stereocenters. The van der Waals surface area contributed by atoms with Crippen molar-refractivity contribution in [3.63, 3.8) is 0 Å². The average Bonchev–Trinajstić information content (AvgIpc) is 3.32. The molecule has 2 aromatic carbocycles. The zero-order valence-electron chi connectivity index (χ0n) is 20.3. The van der Waals surface area contributed by atoms with Gasteiger partial charge in [0.15, 0.2) is 11.5 Å². The number of aromatic hydroxyl groups is 1. The molecule has 1 fully saturated rings. The Labute approximate surface area is 210 Å². The maximum atomic E-state index is 13.9. The van der Waals surface area contributed by atoms with E-state index >= 15 is 0 Å². The lowest BCUT2D eigenvalue weighted by atomic mass is 9.82. The number of benzene rings is 2. The largest absolute Gasteiger partial charge is 0.504 e. The summed E-state index contributed by atoms with van der Waals surface area (Å²) >= 11 is 0. The van der Waals surface area contributed by atoms with Crippen molar-refractivity contribution < 1.29 is 45.7 Å². The van der Waals surface area contributed by atoms with Gasteiger partial charge >= 0.3 is 12.4 Å². The van der Waals surface area contributed by atoms with Gasteiger partial charge in [-0.15, -0.1) is 0 Å². The summed E-state index contributed by atoms with van der Waals surface area (Å²) in [6.45, 7) is 0.431. The molecule has 0 radical (unpaired) electrons. The van der Waals surface area contributed by atoms with Gasteiger partial charge in [-0.3, -0.25) is 4.79 Å². The second-order valence-electron chi connectivity index (χ2n) is 9.03. The highest BCUT2D eigenvalue weighted by molar-refractivity contribution is 5.83. The first-order valence-corrected chi connectivity index (χ1v) is 11.4. The Bertz CT molecular complexity index is 1070. The quantitative estimate of drug-likeness (QED) is 0.444. The number of rotatable bonds is 9. The molecule has 0 saturated carbocycles. The molecule has 37 heavy (non-hydrogen) atoms. The van der Waals surface area contributed by atoms with Crippen molar-refractivity contribution in [2.45, 2.75) is 38.3 Å². The predicted molar refractivity (Wildman–Crippen MR) is 122 cm³/mol. The summed E-state index contributed by atoms with van der Waals surface area (Å²) in [4.78, 5) is 15.1. The van der Waals surface area contributed by atoms with Crippen LogP contribution in [0, 0.1) is 5.41 Å². The van der Waals surface area contributed by atoms with E-state index in [2.05, 4.69) is 5.32 Å². The number of nitrogens with zero attached hydrogens (tertiary/aromatic N) is 1. The monoisotopic (exact) mass is 534 g/mol. The van der Waals surface area contributed by atoms with E-state index in [1.165, 1.54) is 37.3 Å². The van der Waals surface area contributed by atoms with Crippen LogP contribution in [0.1, 0.15) is 35.1 Å². The maximum Gasteiger partial charge on any atom is 0.416 e. The lowest BCUT2D eigenvalue weighted by molar-refractivity contribution is -0.143. The maximum absolute atomic E-state index is 13.9. The predicted octanol–water partition coefficient (Wildman–Crippen LogP) is 4.98. The van der Waals surface area contributed by atoms with Crippen LogP contribution in [0.2, 0.25) is 0 Å². The first-order chi connectivity index (χ1) is 17.3. The third-order valence-electron chi connectivity index (χ3n) is 6.41. The molecule has 12 heteroatoms. The summed E-state index contributed by atoms with van der Waals surface area (Å²) < 4.78 is 90.9. The molecule has 0 aliphatic carbocycles. The number of phenolic OH excluding ortho intramolecular Hbond substituents is 1. The molecule has 1 saturated heterocycles. The molecule has 1 heterocycles. The third-order valence-corrected chi connectivity index (χ3v) is 6.41. The Kier molecular flexibility index (Phi) is 8.63. The van der Waals surface area contributed by atoms with Crippen molar-refractivity contribution in [1.82, 2.24) is 10.2 Å². The SMILES string of the molecule is COCCC1(C(=O)N(Cc2cc(C(F)(F)F)cc(C(F)(F)F)c2)Cc2ccc(O)c(OC)c2)CCNC1. The third kappa shape index (κ3) is 6.86. The number of halogens is 6. The van der Waals surface area contributed by atoms with Crippen LogP contribution in [0.15, 0.2) is 36.4 Å². The number of hydrogen-bond acceptors (Lipinski definition) is 5. The van der Waals surface area contributed by atoms with E-state index in [1.807, 2.05) is 0 Å². The first kappa shape index (κ1) is 28.6. The molecule has 1 aliphatic heterocycles. The highest BCUT2D eigenvalue weighted by Gasteiger charge is 2.44. The van der Waals surface area contributed by atoms with E-state index in [4.69, 9.17) is 9.47 Å². The van der Waals surface area contributed by atoms with Gasteiger partial charge in [0.05, 0.1) is 23.7 Å². The Morgan fingerprint density at radius 2 is 1.62 bits per heavy atom. The summed E-state index contributed by atoms with van der Waals surface area (Å²) in [7, 11) is 2.80. The van der Waals surface area contributed by atoms with Gasteiger partial charge in [0.1, 0.15) is 0 Å². The Hall–Kier alpha value is -2.99. The van der Waals surface area contributed by atoms with E-state index in [1.54, 1.807) is 0 Å². The summed E-state index contributed by atoms with van der Waals surface area (Å²) in [5.74, 6) is -0.471. The fourth-order valence-electron chi connectivity index (χ4n) is 4.45. The molecule has 1 amide bonds. The molecule has 2 aromatic rings. The number of phenols is 1. The highest BCUT2D eigenvalue weighted by Crippen LogP contribution is 2.38. The number of carbonyl (C=O) groups excluding carboxylic acids is 1. The van der Waals surface area contributed by atoms with Crippen LogP contribution < -0.4 is 10.1 Å². The normalized spacial score (nSPS) is 18.2.